The molecule has 0 heterocycles. The monoisotopic (exact) mass is 280 g/mol. The van der Waals surface area contributed by atoms with Crippen molar-refractivity contribution < 1.29 is 4.74 Å². The van der Waals surface area contributed by atoms with E-state index in [0.29, 0.717) is 11.3 Å². The first kappa shape index (κ1) is 14.2. The smallest absolute Gasteiger partial charge is 0.127 e. The average molecular weight is 280 g/mol. The van der Waals surface area contributed by atoms with Gasteiger partial charge in [-0.15, -0.1) is 0 Å². The summed E-state index contributed by atoms with van der Waals surface area (Å²) in [5, 5.41) is 0. The molecule has 110 valence electrons. The number of aryl methyl sites for hydroxylation is 1. The van der Waals surface area contributed by atoms with E-state index in [1.54, 1.807) is 0 Å². The predicted octanol–water partition coefficient (Wildman–Crippen LogP) is 5.94. The summed E-state index contributed by atoms with van der Waals surface area (Å²) >= 11 is 0. The van der Waals surface area contributed by atoms with Crippen molar-refractivity contribution in [3.63, 3.8) is 0 Å². The van der Waals surface area contributed by atoms with Gasteiger partial charge >= 0.3 is 0 Å². The summed E-state index contributed by atoms with van der Waals surface area (Å²) in [6.45, 7) is 7.03. The molecule has 1 aliphatic rings. The highest BCUT2D eigenvalue weighted by Crippen LogP contribution is 2.44. The maximum absolute atomic E-state index is 6.01. The molecule has 0 amide bonds. The molecule has 0 saturated carbocycles. The quantitative estimate of drug-likeness (QED) is 0.661. The van der Waals surface area contributed by atoms with Crippen LogP contribution < -0.4 is 4.74 Å². The van der Waals surface area contributed by atoms with Crippen molar-refractivity contribution in [3.05, 3.63) is 59.7 Å². The average Bonchev–Trinajstić information content (AvgIpc) is 2.46. The molecule has 0 saturated heterocycles. The molecule has 0 aromatic heterocycles. The third-order valence-corrected chi connectivity index (χ3v) is 4.46. The van der Waals surface area contributed by atoms with Gasteiger partial charge in [-0.1, -0.05) is 45.0 Å². The number of benzene rings is 2. The fraction of sp³-hybridized carbons (Fsp3) is 0.400. The minimum atomic E-state index is 0.306. The van der Waals surface area contributed by atoms with Gasteiger partial charge < -0.3 is 4.74 Å². The van der Waals surface area contributed by atoms with Gasteiger partial charge in [0.1, 0.15) is 11.5 Å². The topological polar surface area (TPSA) is 9.23 Å². The van der Waals surface area contributed by atoms with Gasteiger partial charge in [0.05, 0.1) is 0 Å². The van der Waals surface area contributed by atoms with Crippen LogP contribution in [0.5, 0.6) is 11.5 Å². The van der Waals surface area contributed by atoms with Gasteiger partial charge in [-0.2, -0.15) is 0 Å². The zero-order valence-electron chi connectivity index (χ0n) is 13.2. The second-order valence-electron chi connectivity index (χ2n) is 7.09. The van der Waals surface area contributed by atoms with E-state index in [-0.39, 0.29) is 0 Å². The summed E-state index contributed by atoms with van der Waals surface area (Å²) in [5.74, 6) is 2.48. The molecule has 3 rings (SSSR count). The summed E-state index contributed by atoms with van der Waals surface area (Å²) in [4.78, 5) is 0. The molecule has 0 aliphatic heterocycles. The van der Waals surface area contributed by atoms with E-state index in [9.17, 15) is 0 Å². The standard InChI is InChI=1S/C20H24O/c1-20(2,3)19-11-7-8-15-12-13-17(14-18(15)19)21-16-9-5-4-6-10-16/h4-6,9-10,12-14,19H,7-8,11H2,1-3H3. The summed E-state index contributed by atoms with van der Waals surface area (Å²) in [5.41, 5.74) is 3.30. The second kappa shape index (κ2) is 5.55. The van der Waals surface area contributed by atoms with Crippen LogP contribution in [0.2, 0.25) is 0 Å². The fourth-order valence-electron chi connectivity index (χ4n) is 3.36. The highest BCUT2D eigenvalue weighted by Gasteiger charge is 2.30. The molecular formula is C20H24O. The first-order chi connectivity index (χ1) is 10.0. The van der Waals surface area contributed by atoms with Crippen LogP contribution in [-0.2, 0) is 6.42 Å². The highest BCUT2D eigenvalue weighted by atomic mass is 16.5. The predicted molar refractivity (Wildman–Crippen MR) is 88.1 cm³/mol. The molecule has 0 fully saturated rings. The number of ether oxygens (including phenoxy) is 1. The van der Waals surface area contributed by atoms with Crippen LogP contribution in [0.15, 0.2) is 48.5 Å². The number of hydrogen-bond donors (Lipinski definition) is 0. The van der Waals surface area contributed by atoms with Crippen LogP contribution >= 0.6 is 0 Å². The van der Waals surface area contributed by atoms with Crippen molar-refractivity contribution in [1.82, 2.24) is 0 Å². The first-order valence-corrected chi connectivity index (χ1v) is 7.90. The van der Waals surface area contributed by atoms with Crippen molar-refractivity contribution in [2.24, 2.45) is 5.41 Å². The molecule has 0 N–H and O–H groups in total. The number of rotatable bonds is 2. The Morgan fingerprint density at radius 2 is 1.71 bits per heavy atom. The Hall–Kier alpha value is -1.76. The lowest BCUT2D eigenvalue weighted by Gasteiger charge is -2.36. The SMILES string of the molecule is CC(C)(C)C1CCCc2ccc(Oc3ccccc3)cc21. The Kier molecular flexibility index (Phi) is 3.75. The Morgan fingerprint density at radius 3 is 2.43 bits per heavy atom. The Bertz CT molecular complexity index is 607. The molecule has 0 radical (unpaired) electrons. The molecule has 0 bridgehead atoms. The molecular weight excluding hydrogens is 256 g/mol. The van der Waals surface area contributed by atoms with Gasteiger partial charge in [0.2, 0.25) is 0 Å². The molecule has 21 heavy (non-hydrogen) atoms. The fourth-order valence-corrected chi connectivity index (χ4v) is 3.36. The zero-order chi connectivity index (χ0) is 14.9. The van der Waals surface area contributed by atoms with Gasteiger partial charge in [-0.05, 0) is 66.0 Å². The van der Waals surface area contributed by atoms with Gasteiger partial charge in [-0.25, -0.2) is 0 Å². The molecule has 2 aromatic carbocycles. The van der Waals surface area contributed by atoms with Crippen LogP contribution in [0.1, 0.15) is 50.7 Å². The van der Waals surface area contributed by atoms with E-state index in [0.717, 1.165) is 11.5 Å². The molecule has 0 spiro atoms. The molecule has 2 aromatic rings. The van der Waals surface area contributed by atoms with Crippen molar-refractivity contribution in [1.29, 1.82) is 0 Å². The normalized spacial score (nSPS) is 18.1. The minimum absolute atomic E-state index is 0.306. The summed E-state index contributed by atoms with van der Waals surface area (Å²) in [7, 11) is 0. The number of para-hydroxylation sites is 1. The van der Waals surface area contributed by atoms with Gasteiger partial charge in [0.25, 0.3) is 0 Å². The lowest BCUT2D eigenvalue weighted by molar-refractivity contribution is 0.289. The summed E-state index contributed by atoms with van der Waals surface area (Å²) < 4.78 is 6.01. The largest absolute Gasteiger partial charge is 0.457 e. The van der Waals surface area contributed by atoms with Crippen molar-refractivity contribution in [2.45, 2.75) is 46.0 Å². The van der Waals surface area contributed by atoms with Crippen molar-refractivity contribution in [2.75, 3.05) is 0 Å². The van der Waals surface area contributed by atoms with E-state index in [4.69, 9.17) is 4.74 Å². The molecule has 1 atom stereocenters. The highest BCUT2D eigenvalue weighted by molar-refractivity contribution is 5.42. The Labute approximate surface area is 128 Å². The van der Waals surface area contributed by atoms with Gasteiger partial charge in [0.15, 0.2) is 0 Å². The van der Waals surface area contributed by atoms with E-state index in [1.807, 2.05) is 30.3 Å². The maximum Gasteiger partial charge on any atom is 0.127 e. The van der Waals surface area contributed by atoms with E-state index in [2.05, 4.69) is 39.0 Å². The Morgan fingerprint density at radius 1 is 0.952 bits per heavy atom. The summed E-state index contributed by atoms with van der Waals surface area (Å²) in [6, 6.07) is 16.6. The van der Waals surface area contributed by atoms with Crippen LogP contribution in [0.4, 0.5) is 0 Å². The number of fused-ring (bicyclic) bond motifs is 1. The van der Waals surface area contributed by atoms with Crippen LogP contribution in [-0.4, -0.2) is 0 Å². The molecule has 1 heteroatoms. The lowest BCUT2D eigenvalue weighted by atomic mass is 9.69. The second-order valence-corrected chi connectivity index (χ2v) is 7.09. The maximum atomic E-state index is 6.01. The molecule has 1 unspecified atom stereocenters. The minimum Gasteiger partial charge on any atom is -0.457 e. The van der Waals surface area contributed by atoms with Gasteiger partial charge in [-0.3, -0.25) is 0 Å². The third kappa shape index (κ3) is 3.12. The molecule has 1 aliphatic carbocycles. The van der Waals surface area contributed by atoms with Crippen LogP contribution in [0.3, 0.4) is 0 Å². The van der Waals surface area contributed by atoms with Gasteiger partial charge in [0, 0.05) is 0 Å². The van der Waals surface area contributed by atoms with Crippen LogP contribution in [0, 0.1) is 5.41 Å². The van der Waals surface area contributed by atoms with E-state index < -0.39 is 0 Å². The third-order valence-electron chi connectivity index (χ3n) is 4.46. The molecule has 1 nitrogen and oxygen atoms in total. The number of hydrogen-bond acceptors (Lipinski definition) is 1. The Balaban J connectivity index is 1.92. The van der Waals surface area contributed by atoms with Crippen molar-refractivity contribution in [3.8, 4) is 11.5 Å². The van der Waals surface area contributed by atoms with E-state index in [1.165, 1.54) is 30.4 Å². The van der Waals surface area contributed by atoms with Crippen molar-refractivity contribution >= 4 is 0 Å². The lowest BCUT2D eigenvalue weighted by Crippen LogP contribution is -2.23. The zero-order valence-corrected chi connectivity index (χ0v) is 13.2. The first-order valence-electron chi connectivity index (χ1n) is 7.90. The van der Waals surface area contributed by atoms with E-state index >= 15 is 0 Å². The van der Waals surface area contributed by atoms with Crippen LogP contribution in [0.25, 0.3) is 0 Å². The summed E-state index contributed by atoms with van der Waals surface area (Å²) in [6.07, 6.45) is 3.78.